The van der Waals surface area contributed by atoms with Crippen LogP contribution in [0, 0.1) is 0 Å². The smallest absolute Gasteiger partial charge is 0.235 e. The molecule has 0 bridgehead atoms. The van der Waals surface area contributed by atoms with Gasteiger partial charge in [-0.25, -0.2) is 9.97 Å². The summed E-state index contributed by atoms with van der Waals surface area (Å²) < 4.78 is 4.63. The summed E-state index contributed by atoms with van der Waals surface area (Å²) in [7, 11) is 0. The first-order valence-corrected chi connectivity index (χ1v) is 19.7. The molecule has 57 heavy (non-hydrogen) atoms. The molecule has 0 unspecified atom stereocenters. The Morgan fingerprint density at radius 2 is 0.965 bits per heavy atom. The predicted octanol–water partition coefficient (Wildman–Crippen LogP) is 13.5. The zero-order chi connectivity index (χ0) is 37.8. The van der Waals surface area contributed by atoms with Crippen LogP contribution in [0.3, 0.4) is 0 Å². The lowest BCUT2D eigenvalue weighted by Crippen LogP contribution is -2.14. The van der Waals surface area contributed by atoms with Gasteiger partial charge in [0.2, 0.25) is 5.95 Å². The van der Waals surface area contributed by atoms with Crippen molar-refractivity contribution in [2.45, 2.75) is 19.3 Å². The fourth-order valence-electron chi connectivity index (χ4n) is 9.66. The number of nitrogens with zero attached hydrogens (tertiary/aromatic N) is 4. The first-order valence-electron chi connectivity index (χ1n) is 19.7. The van der Waals surface area contributed by atoms with Crippen molar-refractivity contribution >= 4 is 54.5 Å². The lowest BCUT2D eigenvalue weighted by atomic mass is 9.82. The van der Waals surface area contributed by atoms with Gasteiger partial charge in [0.15, 0.2) is 0 Å². The molecule has 4 heteroatoms. The number of rotatable bonds is 4. The molecule has 3 aromatic heterocycles. The van der Waals surface area contributed by atoms with Gasteiger partial charge in [-0.15, -0.1) is 0 Å². The molecule has 1 aliphatic rings. The first-order chi connectivity index (χ1) is 28.0. The van der Waals surface area contributed by atoms with E-state index in [-0.39, 0.29) is 5.41 Å². The van der Waals surface area contributed by atoms with Crippen molar-refractivity contribution in [3.05, 3.63) is 193 Å². The second kappa shape index (κ2) is 11.8. The van der Waals surface area contributed by atoms with E-state index in [9.17, 15) is 0 Å². The van der Waals surface area contributed by atoms with E-state index >= 15 is 0 Å². The summed E-state index contributed by atoms with van der Waals surface area (Å²) in [6.45, 7) is 4.65. The molecule has 1 aliphatic carbocycles. The van der Waals surface area contributed by atoms with E-state index in [1.54, 1.807) is 0 Å². The van der Waals surface area contributed by atoms with Crippen LogP contribution in [0.5, 0.6) is 0 Å². The SMILES string of the molecule is CC1(C)c2ccccc2-c2c1ccc1c(-c3ccccc3)nc(-n3c4ccccc4c4cc(-c5ccc6c(c5)c5ccccc5n6-c5ccccc5)ccc43)nc21. The Balaban J connectivity index is 1.09. The van der Waals surface area contributed by atoms with Crippen LogP contribution >= 0.6 is 0 Å². The second-order valence-corrected chi connectivity index (χ2v) is 15.8. The maximum atomic E-state index is 5.56. The summed E-state index contributed by atoms with van der Waals surface area (Å²) in [5.74, 6) is 0.672. The van der Waals surface area contributed by atoms with Gasteiger partial charge >= 0.3 is 0 Å². The number of aromatic nitrogens is 4. The van der Waals surface area contributed by atoms with Crippen molar-refractivity contribution in [1.29, 1.82) is 0 Å². The largest absolute Gasteiger partial charge is 0.309 e. The van der Waals surface area contributed by atoms with E-state index in [0.29, 0.717) is 5.95 Å². The minimum absolute atomic E-state index is 0.138. The van der Waals surface area contributed by atoms with E-state index in [0.717, 1.165) is 38.9 Å². The van der Waals surface area contributed by atoms with Crippen LogP contribution in [0.1, 0.15) is 25.0 Å². The van der Waals surface area contributed by atoms with Crippen LogP contribution in [0.2, 0.25) is 0 Å². The van der Waals surface area contributed by atoms with Gasteiger partial charge in [0, 0.05) is 49.2 Å². The molecule has 0 amide bonds. The molecule has 8 aromatic carbocycles. The van der Waals surface area contributed by atoms with E-state index in [2.05, 4.69) is 205 Å². The summed E-state index contributed by atoms with van der Waals surface area (Å²) in [6, 6.07) is 65.7. The molecule has 0 aliphatic heterocycles. The van der Waals surface area contributed by atoms with E-state index < -0.39 is 0 Å². The highest BCUT2D eigenvalue weighted by atomic mass is 15.2. The van der Waals surface area contributed by atoms with Crippen molar-refractivity contribution in [2.24, 2.45) is 0 Å². The molecule has 0 atom stereocenters. The topological polar surface area (TPSA) is 35.6 Å². The normalized spacial score (nSPS) is 13.2. The molecular weight excluding hydrogens is 693 g/mol. The highest BCUT2D eigenvalue weighted by molar-refractivity contribution is 6.13. The zero-order valence-electron chi connectivity index (χ0n) is 31.6. The molecule has 0 N–H and O–H groups in total. The highest BCUT2D eigenvalue weighted by Crippen LogP contribution is 2.51. The third-order valence-electron chi connectivity index (χ3n) is 12.3. The predicted molar refractivity (Wildman–Crippen MR) is 237 cm³/mol. The maximum absolute atomic E-state index is 5.56. The Bertz CT molecular complexity index is 3420. The van der Waals surface area contributed by atoms with Gasteiger partial charge in [-0.2, -0.15) is 0 Å². The highest BCUT2D eigenvalue weighted by Gasteiger charge is 2.37. The number of para-hydroxylation sites is 3. The number of benzene rings is 8. The minimum atomic E-state index is -0.138. The standard InChI is InChI=1S/C53H36N4/c1-53(2)43-22-12-9-21-39(43)49-44(53)28-27-40-50(33-15-5-3-6-16-33)54-52(55-51(40)49)57-46-24-14-11-20-38(46)42-32-35(26-30-48(42)57)34-25-29-47-41(31-34)37-19-10-13-23-45(37)56(47)36-17-7-4-8-18-36/h3-32H,1-2H3. The molecule has 0 fully saturated rings. The first kappa shape index (κ1) is 32.0. The Labute approximate surface area is 329 Å². The van der Waals surface area contributed by atoms with Crippen LogP contribution < -0.4 is 0 Å². The molecular formula is C53H36N4. The third-order valence-corrected chi connectivity index (χ3v) is 12.3. The van der Waals surface area contributed by atoms with Crippen molar-refractivity contribution in [1.82, 2.24) is 19.1 Å². The lowest BCUT2D eigenvalue weighted by Gasteiger charge is -2.21. The van der Waals surface area contributed by atoms with E-state index in [1.807, 2.05) is 0 Å². The van der Waals surface area contributed by atoms with E-state index in [4.69, 9.17) is 9.97 Å². The van der Waals surface area contributed by atoms with Crippen LogP contribution in [-0.2, 0) is 5.41 Å². The maximum Gasteiger partial charge on any atom is 0.235 e. The summed E-state index contributed by atoms with van der Waals surface area (Å²) in [5.41, 5.74) is 16.0. The molecule has 0 radical (unpaired) electrons. The summed E-state index contributed by atoms with van der Waals surface area (Å²) in [5, 5.41) is 5.89. The van der Waals surface area contributed by atoms with Gasteiger partial charge in [-0.3, -0.25) is 4.57 Å². The molecule has 3 heterocycles. The zero-order valence-corrected chi connectivity index (χ0v) is 31.6. The molecule has 268 valence electrons. The van der Waals surface area contributed by atoms with Gasteiger partial charge in [0.05, 0.1) is 33.3 Å². The molecule has 12 rings (SSSR count). The Hall–Kier alpha value is -7.30. The van der Waals surface area contributed by atoms with Crippen molar-refractivity contribution in [3.8, 4) is 45.1 Å². The molecule has 0 spiro atoms. The van der Waals surface area contributed by atoms with Gasteiger partial charge < -0.3 is 4.57 Å². The van der Waals surface area contributed by atoms with Gasteiger partial charge in [0.25, 0.3) is 0 Å². The van der Waals surface area contributed by atoms with Crippen LogP contribution in [0.25, 0.3) is 99.7 Å². The summed E-state index contributed by atoms with van der Waals surface area (Å²) in [6.07, 6.45) is 0. The monoisotopic (exact) mass is 728 g/mol. The van der Waals surface area contributed by atoms with Crippen molar-refractivity contribution < 1.29 is 0 Å². The fraction of sp³-hybridized carbons (Fsp3) is 0.0566. The minimum Gasteiger partial charge on any atom is -0.309 e. The number of hydrogen-bond acceptors (Lipinski definition) is 2. The number of hydrogen-bond donors (Lipinski definition) is 0. The molecule has 0 saturated carbocycles. The quantitative estimate of drug-likeness (QED) is 0.181. The van der Waals surface area contributed by atoms with Crippen LogP contribution in [0.15, 0.2) is 182 Å². The van der Waals surface area contributed by atoms with Crippen molar-refractivity contribution in [3.63, 3.8) is 0 Å². The average Bonchev–Trinajstić information content (AvgIpc) is 3.86. The van der Waals surface area contributed by atoms with Crippen LogP contribution in [-0.4, -0.2) is 19.1 Å². The van der Waals surface area contributed by atoms with Gasteiger partial charge in [-0.05, 0) is 76.3 Å². The fourth-order valence-corrected chi connectivity index (χ4v) is 9.66. The van der Waals surface area contributed by atoms with E-state index in [1.165, 1.54) is 66.0 Å². The second-order valence-electron chi connectivity index (χ2n) is 15.8. The third kappa shape index (κ3) is 4.55. The molecule has 0 saturated heterocycles. The summed E-state index contributed by atoms with van der Waals surface area (Å²) >= 11 is 0. The van der Waals surface area contributed by atoms with Gasteiger partial charge in [-0.1, -0.05) is 147 Å². The Morgan fingerprint density at radius 1 is 0.404 bits per heavy atom. The Kier molecular flexibility index (Phi) is 6.65. The number of fused-ring (bicyclic) bond motifs is 11. The Morgan fingerprint density at radius 3 is 1.67 bits per heavy atom. The lowest BCUT2D eigenvalue weighted by molar-refractivity contribution is 0.661. The molecule has 4 nitrogen and oxygen atoms in total. The van der Waals surface area contributed by atoms with Gasteiger partial charge in [0.1, 0.15) is 0 Å². The summed E-state index contributed by atoms with van der Waals surface area (Å²) in [4.78, 5) is 11.0. The average molecular weight is 729 g/mol. The van der Waals surface area contributed by atoms with Crippen molar-refractivity contribution in [2.75, 3.05) is 0 Å². The van der Waals surface area contributed by atoms with Crippen LogP contribution in [0.4, 0.5) is 0 Å². The molecule has 11 aromatic rings.